The van der Waals surface area contributed by atoms with Crippen LogP contribution in [0.5, 0.6) is 0 Å². The van der Waals surface area contributed by atoms with Gasteiger partial charge in [0.1, 0.15) is 0 Å². The quantitative estimate of drug-likeness (QED) is 0.792. The Hall–Kier alpha value is -2.23. The topological polar surface area (TPSA) is 42.1 Å². The molecule has 1 aliphatic heterocycles. The molecule has 2 atom stereocenters. The zero-order valence-electron chi connectivity index (χ0n) is 14.7. The maximum Gasteiger partial charge on any atom is 0.0708 e. The number of nitrogens with two attached hydrogens (primary N) is 1. The monoisotopic (exact) mass is 331 g/mol. The number of aromatic nitrogens is 1. The van der Waals surface area contributed by atoms with E-state index < -0.39 is 0 Å². The molecule has 1 aliphatic rings. The van der Waals surface area contributed by atoms with Gasteiger partial charge in [-0.2, -0.15) is 0 Å². The first-order valence-electron chi connectivity index (χ1n) is 9.07. The molecule has 3 heteroatoms. The first kappa shape index (κ1) is 16.2. The third-order valence-electron chi connectivity index (χ3n) is 5.37. The summed E-state index contributed by atoms with van der Waals surface area (Å²) < 4.78 is 0. The van der Waals surface area contributed by atoms with E-state index in [1.54, 1.807) is 0 Å². The van der Waals surface area contributed by atoms with Gasteiger partial charge in [0, 0.05) is 36.6 Å². The lowest BCUT2D eigenvalue weighted by molar-refractivity contribution is 0.318. The van der Waals surface area contributed by atoms with Crippen LogP contribution in [0.25, 0.3) is 10.9 Å². The Kier molecular flexibility index (Phi) is 4.51. The molecule has 2 N–H and O–H groups in total. The molecule has 0 amide bonds. The maximum atomic E-state index is 6.10. The number of fused-ring (bicyclic) bond motifs is 1. The lowest BCUT2D eigenvalue weighted by Gasteiger charge is -2.18. The number of hydrogen-bond donors (Lipinski definition) is 1. The molecule has 1 saturated heterocycles. The van der Waals surface area contributed by atoms with Crippen molar-refractivity contribution in [1.82, 2.24) is 9.88 Å². The van der Waals surface area contributed by atoms with Crippen molar-refractivity contribution in [3.63, 3.8) is 0 Å². The molecule has 3 nitrogen and oxygen atoms in total. The number of likely N-dealkylation sites (tertiary alicyclic amines) is 1. The fraction of sp³-hybridized carbons (Fsp3) is 0.318. The second-order valence-electron chi connectivity index (χ2n) is 7.15. The predicted octanol–water partition coefficient (Wildman–Crippen LogP) is 3.72. The maximum absolute atomic E-state index is 6.10. The smallest absolute Gasteiger partial charge is 0.0708 e. The molecule has 25 heavy (non-hydrogen) atoms. The molecular weight excluding hydrogens is 306 g/mol. The van der Waals surface area contributed by atoms with E-state index in [4.69, 9.17) is 5.73 Å². The Bertz CT molecular complexity index is 860. The van der Waals surface area contributed by atoms with Gasteiger partial charge in [0.05, 0.1) is 5.52 Å². The number of benzene rings is 2. The number of para-hydroxylation sites is 1. The minimum atomic E-state index is 0.525. The van der Waals surface area contributed by atoms with E-state index in [0.717, 1.165) is 37.4 Å². The van der Waals surface area contributed by atoms with Gasteiger partial charge in [0.2, 0.25) is 0 Å². The van der Waals surface area contributed by atoms with E-state index in [-0.39, 0.29) is 0 Å². The van der Waals surface area contributed by atoms with Gasteiger partial charge in [-0.1, -0.05) is 48.5 Å². The molecule has 1 aromatic heterocycles. The largest absolute Gasteiger partial charge is 0.330 e. The number of aryl methyl sites for hydroxylation is 1. The second kappa shape index (κ2) is 6.95. The molecule has 3 aromatic rings. The summed E-state index contributed by atoms with van der Waals surface area (Å²) in [5.74, 6) is 1.05. The minimum Gasteiger partial charge on any atom is -0.330 e. The van der Waals surface area contributed by atoms with Crippen molar-refractivity contribution in [2.24, 2.45) is 11.7 Å². The Labute approximate surface area is 149 Å². The highest BCUT2D eigenvalue weighted by Crippen LogP contribution is 2.33. The van der Waals surface area contributed by atoms with E-state index >= 15 is 0 Å². The molecule has 128 valence electrons. The van der Waals surface area contributed by atoms with Crippen LogP contribution in [0.1, 0.15) is 22.7 Å². The van der Waals surface area contributed by atoms with Gasteiger partial charge < -0.3 is 5.73 Å². The van der Waals surface area contributed by atoms with Crippen LogP contribution < -0.4 is 5.73 Å². The van der Waals surface area contributed by atoms with E-state index in [1.807, 2.05) is 0 Å². The summed E-state index contributed by atoms with van der Waals surface area (Å²) in [6, 6.07) is 21.5. The summed E-state index contributed by atoms with van der Waals surface area (Å²) >= 11 is 0. The Morgan fingerprint density at radius 3 is 2.60 bits per heavy atom. The third kappa shape index (κ3) is 3.30. The molecule has 2 aromatic carbocycles. The molecule has 2 heterocycles. The van der Waals surface area contributed by atoms with Gasteiger partial charge >= 0.3 is 0 Å². The third-order valence-corrected chi connectivity index (χ3v) is 5.37. The average molecular weight is 331 g/mol. The molecule has 1 fully saturated rings. The summed E-state index contributed by atoms with van der Waals surface area (Å²) in [7, 11) is 0. The highest BCUT2D eigenvalue weighted by Gasteiger charge is 2.32. The van der Waals surface area contributed by atoms with Crippen LogP contribution in [0.2, 0.25) is 0 Å². The fourth-order valence-electron chi connectivity index (χ4n) is 4.17. The number of nitrogens with zero attached hydrogens (tertiary/aromatic N) is 2. The molecule has 0 aliphatic carbocycles. The zero-order valence-corrected chi connectivity index (χ0v) is 14.7. The Morgan fingerprint density at radius 2 is 1.80 bits per heavy atom. The molecule has 0 saturated carbocycles. The van der Waals surface area contributed by atoms with E-state index in [0.29, 0.717) is 11.8 Å². The van der Waals surface area contributed by atoms with Crippen molar-refractivity contribution in [3.8, 4) is 0 Å². The highest BCUT2D eigenvalue weighted by molar-refractivity contribution is 5.82. The summed E-state index contributed by atoms with van der Waals surface area (Å²) in [5, 5.41) is 1.26. The lowest BCUT2D eigenvalue weighted by atomic mass is 9.89. The van der Waals surface area contributed by atoms with Crippen molar-refractivity contribution >= 4 is 10.9 Å². The molecule has 4 rings (SSSR count). The van der Waals surface area contributed by atoms with Gasteiger partial charge in [-0.25, -0.2) is 0 Å². The lowest BCUT2D eigenvalue weighted by Crippen LogP contribution is -2.23. The summed E-state index contributed by atoms with van der Waals surface area (Å²) in [5.41, 5.74) is 11.1. The van der Waals surface area contributed by atoms with Crippen LogP contribution >= 0.6 is 0 Å². The molecule has 0 unspecified atom stereocenters. The van der Waals surface area contributed by atoms with Crippen molar-refractivity contribution < 1.29 is 0 Å². The fourth-order valence-corrected chi connectivity index (χ4v) is 4.17. The van der Waals surface area contributed by atoms with Crippen molar-refractivity contribution in [2.75, 3.05) is 19.6 Å². The van der Waals surface area contributed by atoms with Crippen LogP contribution in [-0.2, 0) is 6.54 Å². The van der Waals surface area contributed by atoms with Gasteiger partial charge in [-0.3, -0.25) is 9.88 Å². The van der Waals surface area contributed by atoms with Crippen LogP contribution in [0.15, 0.2) is 60.7 Å². The molecule has 0 bridgehead atoms. The van der Waals surface area contributed by atoms with Gasteiger partial charge in [-0.05, 0) is 42.6 Å². The van der Waals surface area contributed by atoms with Crippen molar-refractivity contribution in [3.05, 3.63) is 77.5 Å². The summed E-state index contributed by atoms with van der Waals surface area (Å²) in [6.07, 6.45) is 0. The minimum absolute atomic E-state index is 0.525. The standard InChI is InChI=1S/C22H25N3/c1-16-11-18(20-9-5-6-10-22(20)24-16)13-25-14-19(12-23)21(15-25)17-7-3-2-4-8-17/h2-11,19,21H,12-15,23H2,1H3/t19-,21+/m1/s1. The normalized spacial score (nSPS) is 21.0. The number of rotatable bonds is 4. The Balaban J connectivity index is 1.60. The number of pyridine rings is 1. The van der Waals surface area contributed by atoms with Gasteiger partial charge in [-0.15, -0.1) is 0 Å². The van der Waals surface area contributed by atoms with E-state index in [2.05, 4.69) is 77.5 Å². The van der Waals surface area contributed by atoms with Crippen LogP contribution in [-0.4, -0.2) is 29.5 Å². The number of hydrogen-bond acceptors (Lipinski definition) is 3. The average Bonchev–Trinajstić information content (AvgIpc) is 3.05. The first-order chi connectivity index (χ1) is 12.2. The molecule has 0 radical (unpaired) electrons. The van der Waals surface area contributed by atoms with Gasteiger partial charge in [0.15, 0.2) is 0 Å². The predicted molar refractivity (Wildman–Crippen MR) is 103 cm³/mol. The SMILES string of the molecule is Cc1cc(CN2C[C@@H](CN)[C@H](c3ccccc3)C2)c2ccccc2n1. The first-order valence-corrected chi connectivity index (χ1v) is 9.07. The van der Waals surface area contributed by atoms with Crippen molar-refractivity contribution in [2.45, 2.75) is 19.4 Å². The van der Waals surface area contributed by atoms with E-state index in [9.17, 15) is 0 Å². The summed E-state index contributed by atoms with van der Waals surface area (Å²) in [6.45, 7) is 5.92. The Morgan fingerprint density at radius 1 is 1.04 bits per heavy atom. The van der Waals surface area contributed by atoms with Crippen molar-refractivity contribution in [1.29, 1.82) is 0 Å². The second-order valence-corrected chi connectivity index (χ2v) is 7.15. The summed E-state index contributed by atoms with van der Waals surface area (Å²) in [4.78, 5) is 7.22. The van der Waals surface area contributed by atoms with Crippen LogP contribution in [0, 0.1) is 12.8 Å². The molecular formula is C22H25N3. The molecule has 0 spiro atoms. The van der Waals surface area contributed by atoms with Crippen LogP contribution in [0.4, 0.5) is 0 Å². The van der Waals surface area contributed by atoms with E-state index in [1.165, 1.54) is 16.5 Å². The van der Waals surface area contributed by atoms with Gasteiger partial charge in [0.25, 0.3) is 0 Å². The zero-order chi connectivity index (χ0) is 17.2. The highest BCUT2D eigenvalue weighted by atomic mass is 15.2. The van der Waals surface area contributed by atoms with Crippen LogP contribution in [0.3, 0.4) is 0 Å².